The van der Waals surface area contributed by atoms with Crippen LogP contribution in [0.2, 0.25) is 0 Å². The lowest BCUT2D eigenvalue weighted by atomic mass is 10.2. The monoisotopic (exact) mass is 204 g/mol. The van der Waals surface area contributed by atoms with Gasteiger partial charge in [-0.2, -0.15) is 0 Å². The summed E-state index contributed by atoms with van der Waals surface area (Å²) in [5.41, 5.74) is 0.648. The van der Waals surface area contributed by atoms with Gasteiger partial charge < -0.3 is 0 Å². The van der Waals surface area contributed by atoms with E-state index in [1.165, 1.54) is 11.3 Å². The Kier molecular flexibility index (Phi) is 2.17. The molecule has 0 bridgehead atoms. The van der Waals surface area contributed by atoms with E-state index in [2.05, 4.69) is 0 Å². The van der Waals surface area contributed by atoms with Crippen LogP contribution < -0.4 is 0 Å². The maximum atomic E-state index is 11.1. The maximum absolute atomic E-state index is 11.1. The van der Waals surface area contributed by atoms with Gasteiger partial charge in [0.2, 0.25) is 0 Å². The summed E-state index contributed by atoms with van der Waals surface area (Å²) in [6.45, 7) is 1.55. The topological polar surface area (TPSA) is 34.1 Å². The Morgan fingerprint density at radius 2 is 2.14 bits per heavy atom. The molecule has 2 aromatic rings. The van der Waals surface area contributed by atoms with Crippen molar-refractivity contribution in [1.29, 1.82) is 0 Å². The van der Waals surface area contributed by atoms with Gasteiger partial charge in [-0.1, -0.05) is 12.1 Å². The molecule has 0 aliphatic rings. The average molecular weight is 204 g/mol. The van der Waals surface area contributed by atoms with Crippen LogP contribution in [0, 0.1) is 0 Å². The van der Waals surface area contributed by atoms with Gasteiger partial charge in [0.1, 0.15) is 6.29 Å². The quantitative estimate of drug-likeness (QED) is 0.556. The molecule has 1 aromatic heterocycles. The molecule has 0 aliphatic carbocycles. The largest absolute Gasteiger partial charge is 0.298 e. The van der Waals surface area contributed by atoms with Gasteiger partial charge >= 0.3 is 0 Å². The lowest BCUT2D eigenvalue weighted by molar-refractivity contribution is 0.102. The van der Waals surface area contributed by atoms with Gasteiger partial charge in [0.05, 0.1) is 4.88 Å². The molecule has 0 aliphatic heterocycles. The number of benzene rings is 1. The van der Waals surface area contributed by atoms with Crippen molar-refractivity contribution in [1.82, 2.24) is 0 Å². The SMILES string of the molecule is CC(=O)c1cc2ccc(C=O)cc2s1. The summed E-state index contributed by atoms with van der Waals surface area (Å²) in [5, 5.41) is 1.02. The molecule has 2 nitrogen and oxygen atoms in total. The summed E-state index contributed by atoms with van der Waals surface area (Å²) in [7, 11) is 0. The maximum Gasteiger partial charge on any atom is 0.169 e. The Bertz CT molecular complexity index is 511. The van der Waals surface area contributed by atoms with E-state index in [1.54, 1.807) is 19.1 Å². The molecule has 1 heterocycles. The first-order valence-electron chi connectivity index (χ1n) is 4.20. The molecule has 0 radical (unpaired) electrons. The number of carbonyl (C=O) groups excluding carboxylic acids is 2. The van der Waals surface area contributed by atoms with Crippen molar-refractivity contribution in [3.63, 3.8) is 0 Å². The first kappa shape index (κ1) is 9.09. The number of carbonyl (C=O) groups is 2. The normalized spacial score (nSPS) is 10.4. The van der Waals surface area contributed by atoms with Crippen molar-refractivity contribution >= 4 is 33.5 Å². The number of fused-ring (bicyclic) bond motifs is 1. The van der Waals surface area contributed by atoms with Crippen molar-refractivity contribution in [3.8, 4) is 0 Å². The number of aldehydes is 1. The Balaban J connectivity index is 2.65. The third-order valence-electron chi connectivity index (χ3n) is 2.03. The van der Waals surface area contributed by atoms with Crippen LogP contribution in [0.15, 0.2) is 24.3 Å². The third kappa shape index (κ3) is 1.46. The van der Waals surface area contributed by atoms with Crippen LogP contribution in [-0.2, 0) is 0 Å². The highest BCUT2D eigenvalue weighted by molar-refractivity contribution is 7.20. The molecule has 0 saturated heterocycles. The van der Waals surface area contributed by atoms with Crippen LogP contribution in [0.5, 0.6) is 0 Å². The van der Waals surface area contributed by atoms with E-state index < -0.39 is 0 Å². The summed E-state index contributed by atoms with van der Waals surface area (Å²) >= 11 is 1.43. The number of ketones is 1. The Morgan fingerprint density at radius 3 is 2.79 bits per heavy atom. The number of hydrogen-bond acceptors (Lipinski definition) is 3. The molecule has 2 rings (SSSR count). The van der Waals surface area contributed by atoms with Crippen molar-refractivity contribution in [2.75, 3.05) is 0 Å². The van der Waals surface area contributed by atoms with E-state index >= 15 is 0 Å². The van der Waals surface area contributed by atoms with Crippen LogP contribution >= 0.6 is 11.3 Å². The highest BCUT2D eigenvalue weighted by Crippen LogP contribution is 2.26. The molecule has 0 amide bonds. The van der Waals surface area contributed by atoms with E-state index in [9.17, 15) is 9.59 Å². The molecule has 14 heavy (non-hydrogen) atoms. The van der Waals surface area contributed by atoms with Crippen molar-refractivity contribution in [2.45, 2.75) is 6.92 Å². The summed E-state index contributed by atoms with van der Waals surface area (Å²) in [6.07, 6.45) is 0.812. The Morgan fingerprint density at radius 1 is 1.36 bits per heavy atom. The molecule has 0 unspecified atom stereocenters. The molecular formula is C11H8O2S. The van der Waals surface area contributed by atoms with Gasteiger partial charge in [-0.3, -0.25) is 9.59 Å². The zero-order valence-corrected chi connectivity index (χ0v) is 8.43. The van der Waals surface area contributed by atoms with Crippen LogP contribution in [0.25, 0.3) is 10.1 Å². The third-order valence-corrected chi connectivity index (χ3v) is 3.23. The van der Waals surface area contributed by atoms with Gasteiger partial charge in [0.15, 0.2) is 5.78 Å². The summed E-state index contributed by atoms with van der Waals surface area (Å²) < 4.78 is 0.986. The predicted molar refractivity (Wildman–Crippen MR) is 57.2 cm³/mol. The highest BCUT2D eigenvalue weighted by Gasteiger charge is 2.05. The zero-order chi connectivity index (χ0) is 10.1. The number of hydrogen-bond donors (Lipinski definition) is 0. The first-order chi connectivity index (χ1) is 6.70. The molecule has 0 atom stereocenters. The molecule has 0 N–H and O–H groups in total. The molecule has 70 valence electrons. The fourth-order valence-electron chi connectivity index (χ4n) is 1.29. The van der Waals surface area contributed by atoms with Crippen LogP contribution in [0.3, 0.4) is 0 Å². The minimum Gasteiger partial charge on any atom is -0.298 e. The Labute approximate surface area is 85.2 Å². The zero-order valence-electron chi connectivity index (χ0n) is 7.61. The van der Waals surface area contributed by atoms with Crippen LogP contribution in [0.4, 0.5) is 0 Å². The van der Waals surface area contributed by atoms with Crippen LogP contribution in [-0.4, -0.2) is 12.1 Å². The second-order valence-corrected chi connectivity index (χ2v) is 4.17. The van der Waals surface area contributed by atoms with E-state index in [0.717, 1.165) is 21.2 Å². The lowest BCUT2D eigenvalue weighted by Gasteiger charge is -1.89. The second-order valence-electron chi connectivity index (χ2n) is 3.08. The summed E-state index contributed by atoms with van der Waals surface area (Å²) in [4.78, 5) is 22.4. The molecule has 3 heteroatoms. The number of rotatable bonds is 2. The summed E-state index contributed by atoms with van der Waals surface area (Å²) in [5.74, 6) is 0.0684. The van der Waals surface area contributed by atoms with E-state index in [4.69, 9.17) is 0 Å². The van der Waals surface area contributed by atoms with Crippen molar-refractivity contribution in [2.24, 2.45) is 0 Å². The molecule has 0 saturated carbocycles. The molecule has 1 aromatic carbocycles. The van der Waals surface area contributed by atoms with E-state index in [1.807, 2.05) is 12.1 Å². The second kappa shape index (κ2) is 3.35. The Hall–Kier alpha value is -1.48. The fraction of sp³-hybridized carbons (Fsp3) is 0.0909. The molecule has 0 spiro atoms. The lowest BCUT2D eigenvalue weighted by Crippen LogP contribution is -1.83. The van der Waals surface area contributed by atoms with Gasteiger partial charge in [-0.15, -0.1) is 11.3 Å². The number of thiophene rings is 1. The summed E-state index contributed by atoms with van der Waals surface area (Å²) in [6, 6.07) is 7.28. The predicted octanol–water partition coefficient (Wildman–Crippen LogP) is 2.92. The standard InChI is InChI=1S/C11H8O2S/c1-7(13)10-5-9-3-2-8(6-12)4-11(9)14-10/h2-6H,1H3. The fourth-order valence-corrected chi connectivity index (χ4v) is 2.30. The highest BCUT2D eigenvalue weighted by atomic mass is 32.1. The van der Waals surface area contributed by atoms with Gasteiger partial charge in [0, 0.05) is 10.3 Å². The minimum absolute atomic E-state index is 0.0684. The van der Waals surface area contributed by atoms with Gasteiger partial charge in [0.25, 0.3) is 0 Å². The van der Waals surface area contributed by atoms with E-state index in [0.29, 0.717) is 5.56 Å². The number of Topliss-reactive ketones (excluding diaryl/α,β-unsaturated/α-hetero) is 1. The van der Waals surface area contributed by atoms with Crippen molar-refractivity contribution < 1.29 is 9.59 Å². The molecular weight excluding hydrogens is 196 g/mol. The van der Waals surface area contributed by atoms with Gasteiger partial charge in [-0.25, -0.2) is 0 Å². The van der Waals surface area contributed by atoms with Crippen molar-refractivity contribution in [3.05, 3.63) is 34.7 Å². The van der Waals surface area contributed by atoms with Gasteiger partial charge in [-0.05, 0) is 24.4 Å². The minimum atomic E-state index is 0.0684. The van der Waals surface area contributed by atoms with E-state index in [-0.39, 0.29) is 5.78 Å². The first-order valence-corrected chi connectivity index (χ1v) is 5.02. The van der Waals surface area contributed by atoms with Crippen LogP contribution in [0.1, 0.15) is 27.0 Å². The average Bonchev–Trinajstić information content (AvgIpc) is 2.59. The smallest absolute Gasteiger partial charge is 0.169 e. The molecule has 0 fully saturated rings.